The van der Waals surface area contributed by atoms with Crippen LogP contribution in [0, 0.1) is 5.92 Å². The van der Waals surface area contributed by atoms with Crippen LogP contribution in [-0.4, -0.2) is 25.7 Å². The highest BCUT2D eigenvalue weighted by molar-refractivity contribution is 5.85. The molecule has 0 spiro atoms. The van der Waals surface area contributed by atoms with E-state index in [4.69, 9.17) is 0 Å². The van der Waals surface area contributed by atoms with E-state index < -0.39 is 0 Å². The van der Waals surface area contributed by atoms with Crippen LogP contribution < -0.4 is 10.6 Å². The fourth-order valence-corrected chi connectivity index (χ4v) is 1.85. The molecule has 74 valence electrons. The highest BCUT2D eigenvalue weighted by atomic mass is 35.5. The zero-order valence-electron chi connectivity index (χ0n) is 7.21. The zero-order chi connectivity index (χ0) is 6.81. The number of piperazine rings is 1. The van der Waals surface area contributed by atoms with Crippen LogP contribution in [0.15, 0.2) is 0 Å². The van der Waals surface area contributed by atoms with Crippen molar-refractivity contribution in [2.24, 2.45) is 5.92 Å². The molecule has 1 saturated carbocycles. The molecule has 1 aliphatic heterocycles. The number of rotatable bonds is 1. The lowest BCUT2D eigenvalue weighted by atomic mass is 9.79. The molecule has 0 bridgehead atoms. The fraction of sp³-hybridized carbons (Fsp3) is 1.00. The van der Waals surface area contributed by atoms with E-state index in [9.17, 15) is 0 Å². The van der Waals surface area contributed by atoms with Crippen LogP contribution in [0.25, 0.3) is 0 Å². The Labute approximate surface area is 86.7 Å². The van der Waals surface area contributed by atoms with Crippen molar-refractivity contribution in [3.63, 3.8) is 0 Å². The minimum atomic E-state index is 0. The standard InChI is InChI=1S/C8H16N2.2ClH/c1-2-7(3-1)8-6-9-4-5-10-8;;/h7-10H,1-6H2;2*1H. The SMILES string of the molecule is C1CC(C2CNCCN2)C1.Cl.Cl. The van der Waals surface area contributed by atoms with Crippen molar-refractivity contribution in [1.82, 2.24) is 10.6 Å². The van der Waals surface area contributed by atoms with Gasteiger partial charge in [0.15, 0.2) is 0 Å². The van der Waals surface area contributed by atoms with Gasteiger partial charge in [-0.05, 0) is 18.8 Å². The Hall–Kier alpha value is 0.500. The molecule has 0 aromatic carbocycles. The average molecular weight is 213 g/mol. The van der Waals surface area contributed by atoms with Gasteiger partial charge >= 0.3 is 0 Å². The number of halogens is 2. The Kier molecular flexibility index (Phi) is 6.28. The molecule has 2 fully saturated rings. The van der Waals surface area contributed by atoms with Gasteiger partial charge in [-0.1, -0.05) is 6.42 Å². The summed E-state index contributed by atoms with van der Waals surface area (Å²) in [6.07, 6.45) is 4.38. The predicted molar refractivity (Wildman–Crippen MR) is 56.5 cm³/mol. The maximum absolute atomic E-state index is 3.56. The van der Waals surface area contributed by atoms with Crippen LogP contribution >= 0.6 is 24.8 Å². The smallest absolute Gasteiger partial charge is 0.0221 e. The lowest BCUT2D eigenvalue weighted by molar-refractivity contribution is 0.209. The Morgan fingerprint density at radius 1 is 1.00 bits per heavy atom. The molecule has 1 atom stereocenters. The minimum absolute atomic E-state index is 0. The molecule has 2 N–H and O–H groups in total. The summed E-state index contributed by atoms with van der Waals surface area (Å²) in [4.78, 5) is 0. The fourth-order valence-electron chi connectivity index (χ4n) is 1.85. The third-order valence-corrected chi connectivity index (χ3v) is 2.79. The number of nitrogens with one attached hydrogen (secondary N) is 2. The first kappa shape index (κ1) is 12.5. The number of hydrogen-bond donors (Lipinski definition) is 2. The van der Waals surface area contributed by atoms with Gasteiger partial charge in [-0.25, -0.2) is 0 Å². The lowest BCUT2D eigenvalue weighted by Gasteiger charge is -2.37. The lowest BCUT2D eigenvalue weighted by Crippen LogP contribution is -2.53. The molecule has 1 aliphatic carbocycles. The van der Waals surface area contributed by atoms with Crippen LogP contribution in [0.3, 0.4) is 0 Å². The summed E-state index contributed by atoms with van der Waals surface area (Å²) in [6.45, 7) is 3.52. The Morgan fingerprint density at radius 2 is 1.75 bits per heavy atom. The first-order valence-electron chi connectivity index (χ1n) is 4.41. The molecule has 2 aliphatic rings. The van der Waals surface area contributed by atoms with Gasteiger partial charge in [0.05, 0.1) is 0 Å². The Bertz CT molecular complexity index is 112. The Morgan fingerprint density at radius 3 is 2.17 bits per heavy atom. The van der Waals surface area contributed by atoms with Crippen LogP contribution in [0.1, 0.15) is 19.3 Å². The maximum Gasteiger partial charge on any atom is 0.0221 e. The van der Waals surface area contributed by atoms with Crippen LogP contribution in [0.5, 0.6) is 0 Å². The molecule has 0 radical (unpaired) electrons. The summed E-state index contributed by atoms with van der Waals surface area (Å²) in [5.74, 6) is 0.993. The van der Waals surface area contributed by atoms with Gasteiger partial charge in [-0.3, -0.25) is 0 Å². The molecule has 1 saturated heterocycles. The van der Waals surface area contributed by atoms with Gasteiger partial charge in [-0.2, -0.15) is 0 Å². The highest BCUT2D eigenvalue weighted by Crippen LogP contribution is 2.29. The van der Waals surface area contributed by atoms with Crippen molar-refractivity contribution >= 4 is 24.8 Å². The van der Waals surface area contributed by atoms with Crippen molar-refractivity contribution in [2.75, 3.05) is 19.6 Å². The third kappa shape index (κ3) is 2.77. The molecular weight excluding hydrogens is 195 g/mol. The van der Waals surface area contributed by atoms with E-state index in [0.29, 0.717) is 0 Å². The quantitative estimate of drug-likeness (QED) is 0.683. The van der Waals surface area contributed by atoms with Crippen LogP contribution in [0.2, 0.25) is 0 Å². The monoisotopic (exact) mass is 212 g/mol. The molecule has 0 aromatic heterocycles. The zero-order valence-corrected chi connectivity index (χ0v) is 8.85. The predicted octanol–water partition coefficient (Wildman–Crippen LogP) is 1.19. The van der Waals surface area contributed by atoms with Crippen molar-refractivity contribution in [3.05, 3.63) is 0 Å². The molecule has 0 amide bonds. The van der Waals surface area contributed by atoms with Crippen molar-refractivity contribution in [2.45, 2.75) is 25.3 Å². The molecule has 2 rings (SSSR count). The second kappa shape index (κ2) is 6.03. The molecule has 0 aromatic rings. The van der Waals surface area contributed by atoms with Crippen LogP contribution in [0.4, 0.5) is 0 Å². The second-order valence-electron chi connectivity index (χ2n) is 3.46. The molecule has 4 heteroatoms. The third-order valence-electron chi connectivity index (χ3n) is 2.79. The average Bonchev–Trinajstić information content (AvgIpc) is 1.86. The van der Waals surface area contributed by atoms with E-state index in [-0.39, 0.29) is 24.8 Å². The second-order valence-corrected chi connectivity index (χ2v) is 3.46. The van der Waals surface area contributed by atoms with Gasteiger partial charge in [0, 0.05) is 25.7 Å². The maximum atomic E-state index is 3.56. The van der Waals surface area contributed by atoms with Gasteiger partial charge < -0.3 is 10.6 Å². The van der Waals surface area contributed by atoms with Gasteiger partial charge in [0.25, 0.3) is 0 Å². The largest absolute Gasteiger partial charge is 0.314 e. The summed E-state index contributed by atoms with van der Waals surface area (Å²) < 4.78 is 0. The molecule has 1 unspecified atom stereocenters. The van der Waals surface area contributed by atoms with Crippen molar-refractivity contribution in [1.29, 1.82) is 0 Å². The Balaban J connectivity index is 0.000000605. The van der Waals surface area contributed by atoms with Crippen molar-refractivity contribution in [3.8, 4) is 0 Å². The van der Waals surface area contributed by atoms with Gasteiger partial charge in [0.2, 0.25) is 0 Å². The topological polar surface area (TPSA) is 24.1 Å². The summed E-state index contributed by atoms with van der Waals surface area (Å²) in [6, 6.07) is 0.794. The van der Waals surface area contributed by atoms with Crippen molar-refractivity contribution < 1.29 is 0 Å². The summed E-state index contributed by atoms with van der Waals surface area (Å²) in [7, 11) is 0. The van der Waals surface area contributed by atoms with Gasteiger partial charge in [0.1, 0.15) is 0 Å². The van der Waals surface area contributed by atoms with E-state index in [1.54, 1.807) is 0 Å². The highest BCUT2D eigenvalue weighted by Gasteiger charge is 2.27. The van der Waals surface area contributed by atoms with Gasteiger partial charge in [-0.15, -0.1) is 24.8 Å². The summed E-state index contributed by atoms with van der Waals surface area (Å²) in [5, 5.41) is 6.98. The minimum Gasteiger partial charge on any atom is -0.314 e. The van der Waals surface area contributed by atoms with E-state index >= 15 is 0 Å². The van der Waals surface area contributed by atoms with E-state index in [0.717, 1.165) is 18.5 Å². The number of hydrogen-bond acceptors (Lipinski definition) is 2. The normalized spacial score (nSPS) is 29.5. The first-order chi connectivity index (χ1) is 4.97. The van der Waals surface area contributed by atoms with Crippen LogP contribution in [-0.2, 0) is 0 Å². The molecule has 1 heterocycles. The summed E-state index contributed by atoms with van der Waals surface area (Å²) in [5.41, 5.74) is 0. The van der Waals surface area contributed by atoms with E-state index in [1.165, 1.54) is 32.4 Å². The molecular formula is C8H18Cl2N2. The molecule has 2 nitrogen and oxygen atoms in total. The van der Waals surface area contributed by atoms with E-state index in [1.807, 2.05) is 0 Å². The van der Waals surface area contributed by atoms with E-state index in [2.05, 4.69) is 10.6 Å². The molecule has 12 heavy (non-hydrogen) atoms. The first-order valence-corrected chi connectivity index (χ1v) is 4.41. The summed E-state index contributed by atoms with van der Waals surface area (Å²) >= 11 is 0.